The summed E-state index contributed by atoms with van der Waals surface area (Å²) >= 11 is 0. The monoisotopic (exact) mass is 223 g/mol. The van der Waals surface area contributed by atoms with Gasteiger partial charge in [-0.15, -0.1) is 12.3 Å². The maximum Gasteiger partial charge on any atom is 0.222 e. The van der Waals surface area contributed by atoms with E-state index in [9.17, 15) is 9.90 Å². The van der Waals surface area contributed by atoms with Gasteiger partial charge in [0.15, 0.2) is 0 Å². The van der Waals surface area contributed by atoms with E-state index >= 15 is 0 Å². The van der Waals surface area contributed by atoms with Gasteiger partial charge >= 0.3 is 0 Å². The summed E-state index contributed by atoms with van der Waals surface area (Å²) in [7, 11) is 0. The molecule has 0 radical (unpaired) electrons. The number of likely N-dealkylation sites (tertiary alicyclic amines) is 1. The van der Waals surface area contributed by atoms with Crippen molar-refractivity contribution in [3.05, 3.63) is 0 Å². The van der Waals surface area contributed by atoms with Crippen LogP contribution < -0.4 is 0 Å². The van der Waals surface area contributed by atoms with Gasteiger partial charge in [0.25, 0.3) is 0 Å². The second kappa shape index (κ2) is 6.55. The third-order valence-corrected chi connectivity index (χ3v) is 3.17. The first-order valence-electron chi connectivity index (χ1n) is 6.04. The van der Waals surface area contributed by atoms with E-state index < -0.39 is 0 Å². The third-order valence-electron chi connectivity index (χ3n) is 3.17. The number of carbonyl (C=O) groups is 1. The standard InChI is InChI=1S/C13H21NO2/c1-3-4-5-6-7-13(16)14-9-8-12(15)11(2)10-14/h1,11-12,15H,4-10H2,2H3. The van der Waals surface area contributed by atoms with Crippen LogP contribution in [0.4, 0.5) is 0 Å². The number of rotatable bonds is 4. The van der Waals surface area contributed by atoms with Crippen LogP contribution in [0.2, 0.25) is 0 Å². The summed E-state index contributed by atoms with van der Waals surface area (Å²) in [5.74, 6) is 2.98. The Morgan fingerprint density at radius 3 is 2.94 bits per heavy atom. The fraction of sp³-hybridized carbons (Fsp3) is 0.769. The van der Waals surface area contributed by atoms with Crippen molar-refractivity contribution in [2.45, 2.75) is 45.1 Å². The van der Waals surface area contributed by atoms with Gasteiger partial charge in [-0.2, -0.15) is 0 Å². The molecule has 0 saturated carbocycles. The lowest BCUT2D eigenvalue weighted by atomic mass is 9.96. The molecule has 0 bridgehead atoms. The van der Waals surface area contributed by atoms with Crippen molar-refractivity contribution in [3.8, 4) is 12.3 Å². The molecule has 0 aromatic carbocycles. The molecular formula is C13H21NO2. The molecule has 0 aromatic heterocycles. The van der Waals surface area contributed by atoms with Gasteiger partial charge in [0.2, 0.25) is 5.91 Å². The average Bonchev–Trinajstić information content (AvgIpc) is 2.28. The van der Waals surface area contributed by atoms with Crippen molar-refractivity contribution in [2.75, 3.05) is 13.1 Å². The quantitative estimate of drug-likeness (QED) is 0.578. The highest BCUT2D eigenvalue weighted by atomic mass is 16.3. The van der Waals surface area contributed by atoms with E-state index in [0.717, 1.165) is 19.3 Å². The zero-order chi connectivity index (χ0) is 12.0. The first-order chi connectivity index (χ1) is 7.65. The molecule has 0 aromatic rings. The third kappa shape index (κ3) is 3.86. The smallest absolute Gasteiger partial charge is 0.222 e. The Morgan fingerprint density at radius 1 is 1.56 bits per heavy atom. The van der Waals surface area contributed by atoms with E-state index in [1.54, 1.807) is 0 Å². The molecule has 1 fully saturated rings. The Balaban J connectivity index is 2.24. The predicted molar refractivity (Wildman–Crippen MR) is 63.7 cm³/mol. The van der Waals surface area contributed by atoms with Crippen LogP contribution in [0.25, 0.3) is 0 Å². The van der Waals surface area contributed by atoms with Crippen LogP contribution in [0, 0.1) is 18.3 Å². The molecule has 2 unspecified atom stereocenters. The Morgan fingerprint density at radius 2 is 2.31 bits per heavy atom. The molecule has 1 saturated heterocycles. The Kier molecular flexibility index (Phi) is 5.34. The minimum Gasteiger partial charge on any atom is -0.393 e. The van der Waals surface area contributed by atoms with E-state index in [0.29, 0.717) is 25.9 Å². The van der Waals surface area contributed by atoms with Crippen LogP contribution in [0.5, 0.6) is 0 Å². The Labute approximate surface area is 97.8 Å². The van der Waals surface area contributed by atoms with Crippen molar-refractivity contribution in [2.24, 2.45) is 5.92 Å². The first kappa shape index (κ1) is 13.1. The van der Waals surface area contributed by atoms with Gasteiger partial charge in [0.05, 0.1) is 6.10 Å². The van der Waals surface area contributed by atoms with E-state index in [1.807, 2.05) is 11.8 Å². The number of hydrogen-bond acceptors (Lipinski definition) is 2. The van der Waals surface area contributed by atoms with E-state index in [1.165, 1.54) is 0 Å². The second-order valence-corrected chi connectivity index (χ2v) is 4.58. The molecule has 2 atom stereocenters. The average molecular weight is 223 g/mol. The molecule has 1 rings (SSSR count). The molecule has 1 amide bonds. The summed E-state index contributed by atoms with van der Waals surface area (Å²) in [4.78, 5) is 13.7. The molecule has 16 heavy (non-hydrogen) atoms. The highest BCUT2D eigenvalue weighted by molar-refractivity contribution is 5.76. The fourth-order valence-corrected chi connectivity index (χ4v) is 2.02. The van der Waals surface area contributed by atoms with Gasteiger partial charge < -0.3 is 10.0 Å². The van der Waals surface area contributed by atoms with Crippen molar-refractivity contribution in [1.29, 1.82) is 0 Å². The zero-order valence-electron chi connectivity index (χ0n) is 9.98. The van der Waals surface area contributed by atoms with Gasteiger partial charge in [-0.3, -0.25) is 4.79 Å². The molecule has 1 aliphatic rings. The van der Waals surface area contributed by atoms with Crippen molar-refractivity contribution in [1.82, 2.24) is 4.90 Å². The number of aliphatic hydroxyl groups excluding tert-OH is 1. The largest absolute Gasteiger partial charge is 0.393 e. The summed E-state index contributed by atoms with van der Waals surface area (Å²) < 4.78 is 0. The summed E-state index contributed by atoms with van der Waals surface area (Å²) in [5.41, 5.74) is 0. The lowest BCUT2D eigenvalue weighted by molar-refractivity contribution is -0.134. The van der Waals surface area contributed by atoms with Crippen molar-refractivity contribution >= 4 is 5.91 Å². The van der Waals surface area contributed by atoms with Gasteiger partial charge in [0, 0.05) is 25.9 Å². The predicted octanol–water partition coefficient (Wildman–Crippen LogP) is 1.41. The maximum atomic E-state index is 11.8. The minimum absolute atomic E-state index is 0.198. The van der Waals surface area contributed by atoms with Crippen LogP contribution in [0.15, 0.2) is 0 Å². The zero-order valence-corrected chi connectivity index (χ0v) is 9.98. The number of terminal acetylenes is 1. The minimum atomic E-state index is -0.245. The maximum absolute atomic E-state index is 11.8. The molecule has 1 N–H and O–H groups in total. The lowest BCUT2D eigenvalue weighted by Crippen LogP contribution is -2.44. The second-order valence-electron chi connectivity index (χ2n) is 4.58. The molecule has 0 spiro atoms. The van der Waals surface area contributed by atoms with Crippen LogP contribution in [-0.4, -0.2) is 35.1 Å². The van der Waals surface area contributed by atoms with Crippen LogP contribution >= 0.6 is 0 Å². The van der Waals surface area contributed by atoms with Gasteiger partial charge in [-0.25, -0.2) is 0 Å². The highest BCUT2D eigenvalue weighted by Crippen LogP contribution is 2.17. The molecule has 3 heteroatoms. The number of amides is 1. The summed E-state index contributed by atoms with van der Waals surface area (Å²) in [6.07, 6.45) is 8.75. The topological polar surface area (TPSA) is 40.5 Å². The SMILES string of the molecule is C#CCCCCC(=O)N1CCC(O)C(C)C1. The molecule has 90 valence electrons. The number of piperidine rings is 1. The van der Waals surface area contributed by atoms with Crippen LogP contribution in [0.1, 0.15) is 39.0 Å². The first-order valence-corrected chi connectivity index (χ1v) is 6.04. The highest BCUT2D eigenvalue weighted by Gasteiger charge is 2.26. The van der Waals surface area contributed by atoms with Crippen LogP contribution in [0.3, 0.4) is 0 Å². The number of aliphatic hydroxyl groups is 1. The number of nitrogens with zero attached hydrogens (tertiary/aromatic N) is 1. The fourth-order valence-electron chi connectivity index (χ4n) is 2.02. The van der Waals surface area contributed by atoms with Crippen molar-refractivity contribution in [3.63, 3.8) is 0 Å². The van der Waals surface area contributed by atoms with E-state index in [2.05, 4.69) is 5.92 Å². The van der Waals surface area contributed by atoms with Gasteiger partial charge in [-0.05, 0) is 25.2 Å². The number of unbranched alkanes of at least 4 members (excludes halogenated alkanes) is 2. The molecule has 1 aliphatic heterocycles. The van der Waals surface area contributed by atoms with E-state index in [4.69, 9.17) is 6.42 Å². The summed E-state index contributed by atoms with van der Waals surface area (Å²) in [6.45, 7) is 3.37. The molecular weight excluding hydrogens is 202 g/mol. The number of hydrogen-bond donors (Lipinski definition) is 1. The van der Waals surface area contributed by atoms with Crippen LogP contribution in [-0.2, 0) is 4.79 Å². The Bertz CT molecular complexity index is 270. The summed E-state index contributed by atoms with van der Waals surface area (Å²) in [5, 5.41) is 9.56. The Hall–Kier alpha value is -1.01. The van der Waals surface area contributed by atoms with Gasteiger partial charge in [0.1, 0.15) is 0 Å². The van der Waals surface area contributed by atoms with E-state index in [-0.39, 0.29) is 17.9 Å². The van der Waals surface area contributed by atoms with Gasteiger partial charge in [-0.1, -0.05) is 6.92 Å². The molecule has 3 nitrogen and oxygen atoms in total. The number of carbonyl (C=O) groups excluding carboxylic acids is 1. The summed E-state index contributed by atoms with van der Waals surface area (Å²) in [6, 6.07) is 0. The normalized spacial score (nSPS) is 25.2. The lowest BCUT2D eigenvalue weighted by Gasteiger charge is -2.34. The van der Waals surface area contributed by atoms with Crippen molar-refractivity contribution < 1.29 is 9.90 Å². The molecule has 1 heterocycles. The molecule has 0 aliphatic carbocycles.